The molecular formula is C18H22N2O3. The van der Waals surface area contributed by atoms with Crippen molar-refractivity contribution in [2.75, 3.05) is 31.7 Å². The number of fused-ring (bicyclic) bond motifs is 1. The predicted octanol–water partition coefficient (Wildman–Crippen LogP) is 2.54. The van der Waals surface area contributed by atoms with Crippen LogP contribution in [0.4, 0.5) is 5.69 Å². The Morgan fingerprint density at radius 2 is 2.22 bits per heavy atom. The molecule has 3 rings (SSSR count). The Hall–Kier alpha value is -2.11. The van der Waals surface area contributed by atoms with Gasteiger partial charge in [-0.15, -0.1) is 0 Å². The summed E-state index contributed by atoms with van der Waals surface area (Å²) in [6.45, 7) is 1.48. The third kappa shape index (κ3) is 3.63. The SMILES string of the molecule is COC[C@H](NCC(=O)N1CCCc2ccccc21)c1ccco1. The van der Waals surface area contributed by atoms with Crippen molar-refractivity contribution < 1.29 is 13.9 Å². The molecule has 1 aliphatic heterocycles. The van der Waals surface area contributed by atoms with Gasteiger partial charge in [0.2, 0.25) is 5.91 Å². The van der Waals surface area contributed by atoms with Crippen LogP contribution in [0.15, 0.2) is 47.1 Å². The van der Waals surface area contributed by atoms with Crippen LogP contribution in [0.3, 0.4) is 0 Å². The van der Waals surface area contributed by atoms with E-state index in [9.17, 15) is 4.79 Å². The van der Waals surface area contributed by atoms with Gasteiger partial charge in [0.15, 0.2) is 0 Å². The number of carbonyl (C=O) groups is 1. The maximum absolute atomic E-state index is 12.6. The van der Waals surface area contributed by atoms with E-state index in [1.165, 1.54) is 5.56 Å². The van der Waals surface area contributed by atoms with Crippen LogP contribution in [0, 0.1) is 0 Å². The molecule has 1 aromatic heterocycles. The Balaban J connectivity index is 1.65. The molecule has 1 N–H and O–H groups in total. The second kappa shape index (κ2) is 7.44. The molecule has 5 heteroatoms. The first kappa shape index (κ1) is 15.8. The highest BCUT2D eigenvalue weighted by atomic mass is 16.5. The average Bonchev–Trinajstić information content (AvgIpc) is 3.12. The molecule has 0 spiro atoms. The first-order chi connectivity index (χ1) is 11.3. The van der Waals surface area contributed by atoms with E-state index in [-0.39, 0.29) is 18.5 Å². The van der Waals surface area contributed by atoms with E-state index in [4.69, 9.17) is 9.15 Å². The lowest BCUT2D eigenvalue weighted by molar-refractivity contribution is -0.118. The number of para-hydroxylation sites is 1. The van der Waals surface area contributed by atoms with Gasteiger partial charge in [-0.1, -0.05) is 18.2 Å². The van der Waals surface area contributed by atoms with E-state index in [1.807, 2.05) is 35.2 Å². The second-order valence-corrected chi connectivity index (χ2v) is 5.68. The molecule has 0 bridgehead atoms. The number of nitrogens with zero attached hydrogens (tertiary/aromatic N) is 1. The van der Waals surface area contributed by atoms with Crippen molar-refractivity contribution in [2.45, 2.75) is 18.9 Å². The van der Waals surface area contributed by atoms with Gasteiger partial charge in [-0.3, -0.25) is 10.1 Å². The maximum atomic E-state index is 12.6. The molecule has 23 heavy (non-hydrogen) atoms. The molecule has 1 aromatic carbocycles. The molecule has 2 heterocycles. The summed E-state index contributed by atoms with van der Waals surface area (Å²) in [7, 11) is 1.64. The van der Waals surface area contributed by atoms with E-state index in [0.29, 0.717) is 6.61 Å². The Morgan fingerprint density at radius 1 is 1.35 bits per heavy atom. The Kier molecular flexibility index (Phi) is 5.10. The van der Waals surface area contributed by atoms with Crippen molar-refractivity contribution in [1.82, 2.24) is 5.32 Å². The Labute approximate surface area is 136 Å². The zero-order valence-corrected chi connectivity index (χ0v) is 13.3. The minimum absolute atomic E-state index is 0.0739. The van der Waals surface area contributed by atoms with E-state index < -0.39 is 0 Å². The first-order valence-electron chi connectivity index (χ1n) is 7.93. The van der Waals surface area contributed by atoms with E-state index >= 15 is 0 Å². The van der Waals surface area contributed by atoms with Crippen LogP contribution >= 0.6 is 0 Å². The number of ether oxygens (including phenoxy) is 1. The number of nitrogens with one attached hydrogen (secondary N) is 1. The van der Waals surface area contributed by atoms with Crippen LogP contribution < -0.4 is 10.2 Å². The summed E-state index contributed by atoms with van der Waals surface area (Å²) < 4.78 is 10.6. The van der Waals surface area contributed by atoms with Gasteiger partial charge in [0, 0.05) is 19.3 Å². The number of benzene rings is 1. The predicted molar refractivity (Wildman–Crippen MR) is 88.4 cm³/mol. The van der Waals surface area contributed by atoms with Gasteiger partial charge in [0.05, 0.1) is 25.5 Å². The van der Waals surface area contributed by atoms with Gasteiger partial charge in [-0.05, 0) is 36.6 Å². The molecule has 122 valence electrons. The summed E-state index contributed by atoms with van der Waals surface area (Å²) in [5, 5.41) is 3.24. The molecule has 0 saturated heterocycles. The molecule has 0 unspecified atom stereocenters. The first-order valence-corrected chi connectivity index (χ1v) is 7.93. The van der Waals surface area contributed by atoms with Crippen molar-refractivity contribution in [1.29, 1.82) is 0 Å². The fourth-order valence-electron chi connectivity index (χ4n) is 3.00. The number of furan rings is 1. The summed E-state index contributed by atoms with van der Waals surface area (Å²) in [4.78, 5) is 14.5. The van der Waals surface area contributed by atoms with Gasteiger partial charge in [-0.25, -0.2) is 0 Å². The number of rotatable bonds is 6. The third-order valence-electron chi connectivity index (χ3n) is 4.13. The van der Waals surface area contributed by atoms with E-state index in [2.05, 4.69) is 11.4 Å². The van der Waals surface area contributed by atoms with Gasteiger partial charge in [-0.2, -0.15) is 0 Å². The Morgan fingerprint density at radius 3 is 3.00 bits per heavy atom. The van der Waals surface area contributed by atoms with Gasteiger partial charge >= 0.3 is 0 Å². The lowest BCUT2D eigenvalue weighted by Gasteiger charge is -2.30. The molecule has 5 nitrogen and oxygen atoms in total. The quantitative estimate of drug-likeness (QED) is 0.890. The average molecular weight is 314 g/mol. The van der Waals surface area contributed by atoms with Crippen LogP contribution in [0.1, 0.15) is 23.8 Å². The van der Waals surface area contributed by atoms with Crippen LogP contribution in [0.2, 0.25) is 0 Å². The number of methoxy groups -OCH3 is 1. The number of hydrogen-bond acceptors (Lipinski definition) is 4. The molecule has 0 radical (unpaired) electrons. The summed E-state index contributed by atoms with van der Waals surface area (Å²) in [6.07, 6.45) is 3.66. The minimum atomic E-state index is -0.126. The zero-order chi connectivity index (χ0) is 16.1. The third-order valence-corrected chi connectivity index (χ3v) is 4.13. The smallest absolute Gasteiger partial charge is 0.240 e. The second-order valence-electron chi connectivity index (χ2n) is 5.68. The molecule has 1 amide bonds. The fraction of sp³-hybridized carbons (Fsp3) is 0.389. The number of anilines is 1. The molecule has 0 aliphatic carbocycles. The Bertz CT molecular complexity index is 639. The van der Waals surface area contributed by atoms with Crippen LogP contribution in [0.25, 0.3) is 0 Å². The summed E-state index contributed by atoms with van der Waals surface area (Å²) in [6, 6.07) is 11.7. The summed E-state index contributed by atoms with van der Waals surface area (Å²) in [5.41, 5.74) is 2.28. The number of carbonyl (C=O) groups excluding carboxylic acids is 1. The summed E-state index contributed by atoms with van der Waals surface area (Å²) >= 11 is 0. The number of hydrogen-bond donors (Lipinski definition) is 1. The number of aryl methyl sites for hydroxylation is 1. The lowest BCUT2D eigenvalue weighted by atomic mass is 10.0. The van der Waals surface area contributed by atoms with Crippen molar-refractivity contribution in [2.24, 2.45) is 0 Å². The van der Waals surface area contributed by atoms with Crippen molar-refractivity contribution in [3.8, 4) is 0 Å². The fourth-order valence-corrected chi connectivity index (χ4v) is 3.00. The lowest BCUT2D eigenvalue weighted by Crippen LogP contribution is -2.42. The minimum Gasteiger partial charge on any atom is -0.468 e. The highest BCUT2D eigenvalue weighted by molar-refractivity contribution is 5.95. The van der Waals surface area contributed by atoms with Gasteiger partial charge in [0.1, 0.15) is 5.76 Å². The van der Waals surface area contributed by atoms with Crippen molar-refractivity contribution in [3.05, 3.63) is 54.0 Å². The monoisotopic (exact) mass is 314 g/mol. The number of amides is 1. The molecule has 0 saturated carbocycles. The van der Waals surface area contributed by atoms with E-state index in [1.54, 1.807) is 13.4 Å². The molecule has 2 aromatic rings. The van der Waals surface area contributed by atoms with Crippen LogP contribution in [-0.4, -0.2) is 32.7 Å². The molecule has 0 fully saturated rings. The standard InChI is InChI=1S/C18H22N2O3/c1-22-13-15(17-9-5-11-23-17)19-12-18(21)20-10-4-7-14-6-2-3-8-16(14)20/h2-3,5-6,8-9,11,15,19H,4,7,10,12-13H2,1H3/t15-/m0/s1. The topological polar surface area (TPSA) is 54.7 Å². The zero-order valence-electron chi connectivity index (χ0n) is 13.3. The molecule has 1 aliphatic rings. The van der Waals surface area contributed by atoms with Crippen LogP contribution in [-0.2, 0) is 16.0 Å². The molecule has 1 atom stereocenters. The highest BCUT2D eigenvalue weighted by Gasteiger charge is 2.23. The normalized spacial score (nSPS) is 15.3. The van der Waals surface area contributed by atoms with Crippen molar-refractivity contribution >= 4 is 11.6 Å². The maximum Gasteiger partial charge on any atom is 0.240 e. The van der Waals surface area contributed by atoms with Crippen molar-refractivity contribution in [3.63, 3.8) is 0 Å². The largest absolute Gasteiger partial charge is 0.468 e. The van der Waals surface area contributed by atoms with E-state index in [0.717, 1.165) is 30.8 Å². The molecular weight excluding hydrogens is 292 g/mol. The van der Waals surface area contributed by atoms with Gasteiger partial charge < -0.3 is 14.1 Å². The van der Waals surface area contributed by atoms with Gasteiger partial charge in [0.25, 0.3) is 0 Å². The van der Waals surface area contributed by atoms with Crippen LogP contribution in [0.5, 0.6) is 0 Å². The highest BCUT2D eigenvalue weighted by Crippen LogP contribution is 2.26. The summed E-state index contributed by atoms with van der Waals surface area (Å²) in [5.74, 6) is 0.850.